The largest absolute Gasteiger partial charge is 0.351 e. The fraction of sp³-hybridized carbons (Fsp3) is 0.154. The minimum absolute atomic E-state index is 0.0680. The van der Waals surface area contributed by atoms with Gasteiger partial charge in [0.15, 0.2) is 5.78 Å². The van der Waals surface area contributed by atoms with Gasteiger partial charge in [0.25, 0.3) is 0 Å². The van der Waals surface area contributed by atoms with E-state index in [9.17, 15) is 4.79 Å². The molecule has 1 aromatic rings. The van der Waals surface area contributed by atoms with Crippen LogP contribution in [0.2, 0.25) is 0 Å². The van der Waals surface area contributed by atoms with Gasteiger partial charge in [0, 0.05) is 18.9 Å². The number of carbonyl (C=O) groups excluding carboxylic acids is 1. The van der Waals surface area contributed by atoms with Gasteiger partial charge < -0.3 is 4.57 Å². The molecule has 2 rings (SSSR count). The van der Waals surface area contributed by atoms with Crippen LogP contribution in [0.3, 0.4) is 0 Å². The smallest absolute Gasteiger partial charge is 0.166 e. The van der Waals surface area contributed by atoms with Gasteiger partial charge in [-0.25, -0.2) is 0 Å². The molecule has 0 amide bonds. The Kier molecular flexibility index (Phi) is 2.68. The number of allylic oxidation sites excluding steroid dienone is 5. The molecule has 0 N–H and O–H groups in total. The molecule has 0 saturated heterocycles. The van der Waals surface area contributed by atoms with Gasteiger partial charge in [-0.2, -0.15) is 0 Å². The van der Waals surface area contributed by atoms with Crippen molar-refractivity contribution >= 4 is 11.9 Å². The summed E-state index contributed by atoms with van der Waals surface area (Å²) in [5.41, 5.74) is 1.04. The summed E-state index contributed by atoms with van der Waals surface area (Å²) < 4.78 is 1.98. The zero-order valence-electron chi connectivity index (χ0n) is 8.63. The van der Waals surface area contributed by atoms with Crippen LogP contribution in [0.15, 0.2) is 48.7 Å². The number of nitrogens with zero attached hydrogens (tertiary/aromatic N) is 1. The maximum absolute atomic E-state index is 11.7. The second-order valence-corrected chi connectivity index (χ2v) is 3.58. The van der Waals surface area contributed by atoms with Crippen LogP contribution in [0.5, 0.6) is 0 Å². The lowest BCUT2D eigenvalue weighted by Gasteiger charge is -1.99. The van der Waals surface area contributed by atoms with E-state index in [0.717, 1.165) is 5.69 Å². The molecular formula is C13H13NO. The molecule has 0 saturated carbocycles. The Labute approximate surface area is 89.2 Å². The number of ketones is 1. The van der Waals surface area contributed by atoms with E-state index in [1.807, 2.05) is 60.3 Å². The van der Waals surface area contributed by atoms with E-state index < -0.39 is 0 Å². The van der Waals surface area contributed by atoms with E-state index in [2.05, 4.69) is 0 Å². The highest BCUT2D eigenvalue weighted by Crippen LogP contribution is 2.11. The summed E-state index contributed by atoms with van der Waals surface area (Å²) in [5, 5.41) is 0. The number of hydrogen-bond acceptors (Lipinski definition) is 1. The first kappa shape index (κ1) is 9.71. The predicted molar refractivity (Wildman–Crippen MR) is 61.2 cm³/mol. The zero-order valence-corrected chi connectivity index (χ0v) is 8.63. The molecule has 0 atom stereocenters. The summed E-state index contributed by atoms with van der Waals surface area (Å²) in [6, 6.07) is 3.93. The van der Waals surface area contributed by atoms with Crippen molar-refractivity contribution in [3.05, 3.63) is 54.4 Å². The molecule has 0 fully saturated rings. The van der Waals surface area contributed by atoms with Crippen molar-refractivity contribution in [1.82, 2.24) is 4.57 Å². The Balaban J connectivity index is 2.06. The number of aryl methyl sites for hydroxylation is 1. The van der Waals surface area contributed by atoms with Gasteiger partial charge in [0.1, 0.15) is 0 Å². The lowest BCUT2D eigenvalue weighted by molar-refractivity contribution is -0.115. The van der Waals surface area contributed by atoms with Crippen LogP contribution < -0.4 is 0 Å². The average Bonchev–Trinajstić information content (AvgIpc) is 2.85. The molecule has 1 aromatic heterocycles. The van der Waals surface area contributed by atoms with Crippen molar-refractivity contribution < 1.29 is 4.79 Å². The summed E-state index contributed by atoms with van der Waals surface area (Å²) in [5.74, 6) is 0.0581. The van der Waals surface area contributed by atoms with E-state index >= 15 is 0 Å². The molecule has 15 heavy (non-hydrogen) atoms. The summed E-state index contributed by atoms with van der Waals surface area (Å²) in [7, 11) is 1.96. The molecule has 2 nitrogen and oxygen atoms in total. The van der Waals surface area contributed by atoms with E-state index in [1.54, 1.807) is 6.08 Å². The standard InChI is InChI=1S/C13H13NO/c1-14-10-4-7-12(14)8-9-13(15)11-5-2-3-6-11/h2-11H,1H3. The van der Waals surface area contributed by atoms with E-state index in [1.165, 1.54) is 0 Å². The minimum atomic E-state index is -0.0680. The van der Waals surface area contributed by atoms with Gasteiger partial charge in [-0.05, 0) is 24.3 Å². The van der Waals surface area contributed by atoms with Gasteiger partial charge in [0.2, 0.25) is 0 Å². The second kappa shape index (κ2) is 4.13. The molecule has 0 bridgehead atoms. The van der Waals surface area contributed by atoms with Crippen LogP contribution >= 0.6 is 0 Å². The highest BCUT2D eigenvalue weighted by atomic mass is 16.1. The summed E-state index contributed by atoms with van der Waals surface area (Å²) >= 11 is 0. The summed E-state index contributed by atoms with van der Waals surface area (Å²) in [6.07, 6.45) is 13.1. The molecule has 2 heteroatoms. The van der Waals surface area contributed by atoms with Gasteiger partial charge in [0.05, 0.1) is 5.92 Å². The van der Waals surface area contributed by atoms with Crippen LogP contribution in [0, 0.1) is 5.92 Å². The summed E-state index contributed by atoms with van der Waals surface area (Å²) in [4.78, 5) is 11.7. The van der Waals surface area contributed by atoms with Crippen molar-refractivity contribution in [1.29, 1.82) is 0 Å². The summed E-state index contributed by atoms with van der Waals surface area (Å²) in [6.45, 7) is 0. The molecule has 0 radical (unpaired) electrons. The number of aromatic nitrogens is 1. The van der Waals surface area contributed by atoms with Crippen LogP contribution in [0.1, 0.15) is 5.69 Å². The SMILES string of the molecule is Cn1cccc1C=CC(=O)C1C=CC=C1. The third kappa shape index (κ3) is 2.15. The fourth-order valence-corrected chi connectivity index (χ4v) is 1.55. The maximum Gasteiger partial charge on any atom is 0.166 e. The topological polar surface area (TPSA) is 22.0 Å². The molecule has 0 unspecified atom stereocenters. The quantitative estimate of drug-likeness (QED) is 0.685. The highest BCUT2D eigenvalue weighted by molar-refractivity contribution is 5.97. The van der Waals surface area contributed by atoms with Crippen LogP contribution in [0.25, 0.3) is 6.08 Å². The molecule has 0 aromatic carbocycles. The monoisotopic (exact) mass is 199 g/mol. The molecule has 0 spiro atoms. The van der Waals surface area contributed by atoms with Gasteiger partial charge in [-0.1, -0.05) is 24.3 Å². The zero-order chi connectivity index (χ0) is 10.7. The van der Waals surface area contributed by atoms with Crippen LogP contribution in [0.4, 0.5) is 0 Å². The van der Waals surface area contributed by atoms with Crippen LogP contribution in [-0.2, 0) is 11.8 Å². The molecule has 1 aliphatic rings. The van der Waals surface area contributed by atoms with Crippen molar-refractivity contribution in [2.24, 2.45) is 13.0 Å². The van der Waals surface area contributed by atoms with E-state index in [4.69, 9.17) is 0 Å². The molecule has 76 valence electrons. The fourth-order valence-electron chi connectivity index (χ4n) is 1.55. The average molecular weight is 199 g/mol. The lowest BCUT2D eigenvalue weighted by atomic mass is 10.1. The Bertz CT molecular complexity index is 437. The Morgan fingerprint density at radius 2 is 2.13 bits per heavy atom. The van der Waals surface area contributed by atoms with Crippen molar-refractivity contribution in [3.63, 3.8) is 0 Å². The second-order valence-electron chi connectivity index (χ2n) is 3.58. The molecule has 0 aliphatic heterocycles. The normalized spacial score (nSPS) is 15.5. The van der Waals surface area contributed by atoms with E-state index in [-0.39, 0.29) is 11.7 Å². The number of rotatable bonds is 3. The third-order valence-electron chi connectivity index (χ3n) is 2.48. The molecule has 1 heterocycles. The highest BCUT2D eigenvalue weighted by Gasteiger charge is 2.10. The molecule has 1 aliphatic carbocycles. The van der Waals surface area contributed by atoms with Crippen molar-refractivity contribution in [2.75, 3.05) is 0 Å². The van der Waals surface area contributed by atoms with Gasteiger partial charge in [-0.15, -0.1) is 0 Å². The predicted octanol–water partition coefficient (Wildman–Crippen LogP) is 2.35. The van der Waals surface area contributed by atoms with Crippen molar-refractivity contribution in [3.8, 4) is 0 Å². The maximum atomic E-state index is 11.7. The Hall–Kier alpha value is -1.83. The third-order valence-corrected chi connectivity index (χ3v) is 2.48. The van der Waals surface area contributed by atoms with E-state index in [0.29, 0.717) is 0 Å². The first-order valence-corrected chi connectivity index (χ1v) is 4.95. The van der Waals surface area contributed by atoms with Gasteiger partial charge in [-0.3, -0.25) is 4.79 Å². The molecular weight excluding hydrogens is 186 g/mol. The van der Waals surface area contributed by atoms with Gasteiger partial charge >= 0.3 is 0 Å². The Morgan fingerprint density at radius 3 is 2.73 bits per heavy atom. The Morgan fingerprint density at radius 1 is 1.40 bits per heavy atom. The first-order valence-electron chi connectivity index (χ1n) is 4.95. The number of carbonyl (C=O) groups is 1. The lowest BCUT2D eigenvalue weighted by Crippen LogP contribution is -2.04. The first-order chi connectivity index (χ1) is 7.27. The minimum Gasteiger partial charge on any atom is -0.351 e. The van der Waals surface area contributed by atoms with Crippen molar-refractivity contribution in [2.45, 2.75) is 0 Å². The van der Waals surface area contributed by atoms with Crippen LogP contribution in [-0.4, -0.2) is 10.4 Å². The number of hydrogen-bond donors (Lipinski definition) is 0.